The Morgan fingerprint density at radius 3 is 0.548 bits per heavy atom. The first kappa shape index (κ1) is 65.5. The van der Waals surface area contributed by atoms with Gasteiger partial charge in [-0.1, -0.05) is 209 Å². The van der Waals surface area contributed by atoms with Crippen molar-refractivity contribution in [1.29, 1.82) is 0 Å². The van der Waals surface area contributed by atoms with Gasteiger partial charge in [0.05, 0.1) is 52.9 Å². The maximum absolute atomic E-state index is 16.8. The van der Waals surface area contributed by atoms with Gasteiger partial charge in [0.15, 0.2) is 32.8 Å². The lowest BCUT2D eigenvalue weighted by atomic mass is 10.2. The Kier molecular flexibility index (Phi) is 37.3. The molecule has 2 aromatic carbocycles. The summed E-state index contributed by atoms with van der Waals surface area (Å²) in [6, 6.07) is 0. The van der Waals surface area contributed by atoms with E-state index in [0.717, 1.165) is 154 Å². The minimum Gasteiger partial charge on any atom is -0.501 e. The van der Waals surface area contributed by atoms with Gasteiger partial charge in [-0.3, -0.25) is 0 Å². The molecule has 2 N–H and O–H groups in total. The Labute approximate surface area is 445 Å². The second-order valence-corrected chi connectivity index (χ2v) is 21.6. The molecule has 0 aromatic heterocycles. The van der Waals surface area contributed by atoms with Crippen molar-refractivity contribution in [1.82, 2.24) is 0 Å². The molecule has 0 saturated heterocycles. The van der Waals surface area contributed by atoms with Gasteiger partial charge < -0.3 is 48.1 Å². The smallest absolute Gasteiger partial charge is 0.221 e. The topological polar surface area (TPSA) is 148 Å². The van der Waals surface area contributed by atoms with E-state index in [1.54, 1.807) is 0 Å². The number of rotatable bonds is 50. The van der Waals surface area contributed by atoms with Crippen LogP contribution >= 0.6 is 0 Å². The summed E-state index contributed by atoms with van der Waals surface area (Å²) in [4.78, 5) is -0.716. The molecule has 12 nitrogen and oxygen atoms in total. The van der Waals surface area contributed by atoms with Crippen LogP contribution in [0.5, 0.6) is 57.5 Å². The Hall–Kier alpha value is -3.61. The van der Waals surface area contributed by atoms with E-state index >= 15 is 8.42 Å². The molecule has 0 radical (unpaired) electrons. The molecule has 0 aliphatic heterocycles. The fraction of sp³-hybridized carbons (Fsp3) is 0.800. The van der Waals surface area contributed by atoms with Gasteiger partial charge in [0.2, 0.25) is 44.3 Å². The molecule has 424 valence electrons. The lowest BCUT2D eigenvalue weighted by molar-refractivity contribution is 0.212. The predicted octanol–water partition coefficient (Wildman–Crippen LogP) is 17.6. The zero-order chi connectivity index (χ0) is 53.4. The number of hydrogen-bond donors (Lipinski definition) is 2. The quantitative estimate of drug-likeness (QED) is 0.0608. The Bertz CT molecular complexity index is 1590. The lowest BCUT2D eigenvalue weighted by Gasteiger charge is -2.27. The Morgan fingerprint density at radius 1 is 0.247 bits per heavy atom. The summed E-state index contributed by atoms with van der Waals surface area (Å²) >= 11 is 0. The number of sulfone groups is 1. The average Bonchev–Trinajstić information content (AvgIpc) is 3.38. The van der Waals surface area contributed by atoms with E-state index in [9.17, 15) is 10.2 Å². The van der Waals surface area contributed by atoms with Gasteiger partial charge in [-0.25, -0.2) is 8.42 Å². The minimum atomic E-state index is -4.97. The van der Waals surface area contributed by atoms with Gasteiger partial charge in [-0.2, -0.15) is 0 Å². The van der Waals surface area contributed by atoms with Crippen molar-refractivity contribution in [2.45, 2.75) is 271 Å². The fourth-order valence-corrected chi connectivity index (χ4v) is 10.3. The van der Waals surface area contributed by atoms with Crippen molar-refractivity contribution in [2.75, 3.05) is 52.9 Å². The van der Waals surface area contributed by atoms with Gasteiger partial charge in [0.25, 0.3) is 0 Å². The molecule has 2 rings (SSSR count). The zero-order valence-corrected chi connectivity index (χ0v) is 48.5. The van der Waals surface area contributed by atoms with E-state index in [1.807, 2.05) is 0 Å². The summed E-state index contributed by atoms with van der Waals surface area (Å²) in [5.74, 6) is -1.84. The van der Waals surface area contributed by atoms with Crippen molar-refractivity contribution in [2.24, 2.45) is 0 Å². The highest BCUT2D eigenvalue weighted by Gasteiger charge is 2.44. The number of hydrogen-bond acceptors (Lipinski definition) is 12. The van der Waals surface area contributed by atoms with E-state index in [-0.39, 0.29) is 120 Å². The first-order valence-electron chi connectivity index (χ1n) is 29.8. The summed E-state index contributed by atoms with van der Waals surface area (Å²) in [5.41, 5.74) is 0. The number of unbranched alkanes of at least 4 members (excludes halogenated alkanes) is 24. The number of benzene rings is 2. The number of ether oxygens (including phenoxy) is 8. The Morgan fingerprint density at radius 2 is 0.397 bits per heavy atom. The van der Waals surface area contributed by atoms with Crippen LogP contribution < -0.4 is 37.9 Å². The molecule has 0 aliphatic carbocycles. The van der Waals surface area contributed by atoms with Gasteiger partial charge in [0, 0.05) is 0 Å². The van der Waals surface area contributed by atoms with Crippen molar-refractivity contribution < 1.29 is 56.5 Å². The van der Waals surface area contributed by atoms with Gasteiger partial charge in [-0.15, -0.1) is 0 Å². The third kappa shape index (κ3) is 23.9. The monoisotopic (exact) mass is 1050 g/mol. The van der Waals surface area contributed by atoms with E-state index < -0.39 is 9.84 Å². The zero-order valence-electron chi connectivity index (χ0n) is 47.7. The molecule has 73 heavy (non-hydrogen) atoms. The summed E-state index contributed by atoms with van der Waals surface area (Å²) < 4.78 is 86.7. The van der Waals surface area contributed by atoms with Crippen LogP contribution in [-0.2, 0) is 9.84 Å². The van der Waals surface area contributed by atoms with E-state index in [1.165, 1.54) is 0 Å². The van der Waals surface area contributed by atoms with Gasteiger partial charge >= 0.3 is 0 Å². The fourth-order valence-electron chi connectivity index (χ4n) is 8.53. The molecule has 0 fully saturated rings. The van der Waals surface area contributed by atoms with Crippen LogP contribution in [0.3, 0.4) is 0 Å². The van der Waals surface area contributed by atoms with Gasteiger partial charge in [-0.05, 0) is 51.4 Å². The molecular weight excluding hydrogens is 945 g/mol. The molecule has 13 heteroatoms. The summed E-state index contributed by atoms with van der Waals surface area (Å²) in [7, 11) is -4.97. The third-order valence-corrected chi connectivity index (χ3v) is 14.8. The molecule has 2 aromatic rings. The van der Waals surface area contributed by atoms with E-state index in [4.69, 9.17) is 37.9 Å². The second kappa shape index (κ2) is 41.6. The highest BCUT2D eigenvalue weighted by molar-refractivity contribution is 7.92. The maximum Gasteiger partial charge on any atom is 0.221 e. The summed E-state index contributed by atoms with van der Waals surface area (Å²) in [6.07, 6.45) is 28.3. The van der Waals surface area contributed by atoms with Crippen molar-refractivity contribution >= 4 is 9.84 Å². The van der Waals surface area contributed by atoms with Crippen LogP contribution in [0, 0.1) is 0 Å². The third-order valence-electron chi connectivity index (χ3n) is 13.0. The molecule has 0 bridgehead atoms. The molecule has 0 spiro atoms. The molecular formula is C60H106O12S. The first-order chi connectivity index (χ1) is 35.7. The molecule has 0 amide bonds. The van der Waals surface area contributed by atoms with Crippen LogP contribution in [0.25, 0.3) is 0 Å². The minimum absolute atomic E-state index is 0.116. The average molecular weight is 1050 g/mol. The Balaban J connectivity index is 3.39. The largest absolute Gasteiger partial charge is 0.501 e. The lowest BCUT2D eigenvalue weighted by Crippen LogP contribution is -2.17. The molecule has 0 heterocycles. The maximum atomic E-state index is 16.8. The van der Waals surface area contributed by atoms with Crippen LogP contribution in [0.2, 0.25) is 0 Å². The summed E-state index contributed by atoms with van der Waals surface area (Å²) in [6.45, 7) is 18.5. The number of phenols is 2. The van der Waals surface area contributed by atoms with E-state index in [0.29, 0.717) is 51.4 Å². The van der Waals surface area contributed by atoms with Crippen LogP contribution in [0.15, 0.2) is 9.79 Å². The number of phenolic OH excluding ortho intramolecular Hbond substituents is 2. The molecule has 0 unspecified atom stereocenters. The van der Waals surface area contributed by atoms with Crippen LogP contribution in [0.1, 0.15) is 261 Å². The highest BCUT2D eigenvalue weighted by atomic mass is 32.2. The SMILES string of the molecule is CCCCCCOc1c(O)c(OCCCCCC)c(OCCCCCC)c(S(=O)(=O)c2c(OCCCCCC)c(OCCCCCC)c(O)c(OCCCCCC)c2OCCCCCC)c1OCCCCCC. The van der Waals surface area contributed by atoms with Crippen molar-refractivity contribution in [3.63, 3.8) is 0 Å². The molecule has 0 atom stereocenters. The summed E-state index contributed by atoms with van der Waals surface area (Å²) in [5, 5.41) is 25.0. The van der Waals surface area contributed by atoms with Crippen molar-refractivity contribution in [3.05, 3.63) is 0 Å². The normalized spacial score (nSPS) is 11.5. The standard InChI is InChI=1S/C60H106O12S/c1-9-17-25-33-41-65-51-49(61)52(66-42-34-26-18-10-2)56(70-46-38-30-22-14-6)59(55(51)69-45-37-29-21-13-5)73(63,64)60-57(71-47-39-31-23-15-7)53(67-43-35-27-19-11-3)50(62)54(68-44-36-28-20-12-4)58(60)72-48-40-32-24-16-8/h61-62H,9-48H2,1-8H3. The van der Waals surface area contributed by atoms with Gasteiger partial charge in [0.1, 0.15) is 0 Å². The molecule has 0 saturated carbocycles. The second-order valence-electron chi connectivity index (χ2n) is 19.8. The highest BCUT2D eigenvalue weighted by Crippen LogP contribution is 2.61. The van der Waals surface area contributed by atoms with Crippen molar-refractivity contribution in [3.8, 4) is 57.5 Å². The molecule has 0 aliphatic rings. The van der Waals surface area contributed by atoms with E-state index in [2.05, 4.69) is 55.4 Å². The first-order valence-corrected chi connectivity index (χ1v) is 31.3. The van der Waals surface area contributed by atoms with Crippen LogP contribution in [0.4, 0.5) is 0 Å². The van der Waals surface area contributed by atoms with Crippen LogP contribution in [-0.4, -0.2) is 71.5 Å². The number of aromatic hydroxyl groups is 2. The predicted molar refractivity (Wildman–Crippen MR) is 299 cm³/mol.